The van der Waals surface area contributed by atoms with Gasteiger partial charge in [0.05, 0.1) is 0 Å². The molecule has 0 unspecified atom stereocenters. The van der Waals surface area contributed by atoms with E-state index in [0.717, 1.165) is 13.1 Å². The molecule has 1 aliphatic rings. The van der Waals surface area contributed by atoms with E-state index in [1.807, 2.05) is 0 Å². The third-order valence-electron chi connectivity index (χ3n) is 5.42. The van der Waals surface area contributed by atoms with Crippen LogP contribution in [0, 0.1) is 0 Å². The molecule has 2 aromatic carbocycles. The smallest absolute Gasteiger partial charge is 0.0485 e. The van der Waals surface area contributed by atoms with Crippen molar-refractivity contribution in [3.63, 3.8) is 0 Å². The Balaban J connectivity index is 1.57. The Bertz CT molecular complexity index is 845. The normalized spacial score (nSPS) is 14.9. The lowest BCUT2D eigenvalue weighted by atomic mass is 10.1. The molecule has 4 rings (SSSR count). The third kappa shape index (κ3) is 2.65. The minimum atomic E-state index is 0.368. The van der Waals surface area contributed by atoms with E-state index in [1.54, 1.807) is 11.3 Å². The molecule has 1 aliphatic carbocycles. The summed E-state index contributed by atoms with van der Waals surface area (Å²) in [6, 6.07) is 18.1. The van der Waals surface area contributed by atoms with Crippen LogP contribution in [0.25, 0.3) is 10.9 Å². The van der Waals surface area contributed by atoms with Crippen LogP contribution in [0.2, 0.25) is 0 Å². The summed E-state index contributed by atoms with van der Waals surface area (Å²) >= 11 is 0. The second-order valence-corrected chi connectivity index (χ2v) is 6.89. The summed E-state index contributed by atoms with van der Waals surface area (Å²) in [5, 5.41) is 5.14. The Morgan fingerprint density at radius 2 is 1.92 bits per heavy atom. The molecule has 24 heavy (non-hydrogen) atoms. The summed E-state index contributed by atoms with van der Waals surface area (Å²) in [6.45, 7) is 6.49. The number of nitrogens with zero attached hydrogens (tertiary/aromatic N) is 1. The fraction of sp³-hybridized carbons (Fsp3) is 0.364. The first-order chi connectivity index (χ1) is 11.8. The molecule has 124 valence electrons. The van der Waals surface area contributed by atoms with Crippen molar-refractivity contribution in [2.75, 3.05) is 0 Å². The summed E-state index contributed by atoms with van der Waals surface area (Å²) in [6.07, 6.45) is 3.81. The Labute approximate surface area is 144 Å². The zero-order chi connectivity index (χ0) is 16.5. The number of nitrogens with one attached hydrogen (secondary N) is 1. The molecule has 0 fully saturated rings. The number of fused-ring (bicyclic) bond motifs is 3. The van der Waals surface area contributed by atoms with Crippen molar-refractivity contribution in [1.82, 2.24) is 9.88 Å². The molecule has 0 aliphatic heterocycles. The van der Waals surface area contributed by atoms with E-state index in [-0.39, 0.29) is 0 Å². The molecule has 1 atom stereocenters. The second-order valence-electron chi connectivity index (χ2n) is 6.89. The van der Waals surface area contributed by atoms with Crippen LogP contribution in [0.15, 0.2) is 48.5 Å². The molecule has 1 aromatic heterocycles. The van der Waals surface area contributed by atoms with Crippen molar-refractivity contribution in [2.24, 2.45) is 0 Å². The van der Waals surface area contributed by atoms with Gasteiger partial charge in [0.2, 0.25) is 0 Å². The highest BCUT2D eigenvalue weighted by molar-refractivity contribution is 5.87. The van der Waals surface area contributed by atoms with E-state index >= 15 is 0 Å². The fourth-order valence-corrected chi connectivity index (χ4v) is 4.12. The van der Waals surface area contributed by atoms with Gasteiger partial charge in [0.1, 0.15) is 0 Å². The quantitative estimate of drug-likeness (QED) is 0.700. The van der Waals surface area contributed by atoms with Gasteiger partial charge in [0.15, 0.2) is 0 Å². The largest absolute Gasteiger partial charge is 0.345 e. The standard InChI is InChI=1S/C22H26N2/c1-3-24-21-11-7-10-19(21)20-14-17(12-13-22(20)24)15-23-16(2)18-8-5-4-6-9-18/h4-6,8-9,12-14,16,23H,3,7,10-11,15H2,1-2H3/t16-/m1/s1. The topological polar surface area (TPSA) is 17.0 Å². The predicted octanol–water partition coefficient (Wildman–Crippen LogP) is 5.00. The van der Waals surface area contributed by atoms with Gasteiger partial charge in [-0.25, -0.2) is 0 Å². The monoisotopic (exact) mass is 318 g/mol. The Kier molecular flexibility index (Phi) is 4.15. The summed E-state index contributed by atoms with van der Waals surface area (Å²) in [7, 11) is 0. The number of aryl methyl sites for hydroxylation is 2. The molecule has 1 N–H and O–H groups in total. The Morgan fingerprint density at radius 3 is 2.71 bits per heavy atom. The van der Waals surface area contributed by atoms with Crippen LogP contribution in [-0.4, -0.2) is 4.57 Å². The molecule has 1 heterocycles. The highest BCUT2D eigenvalue weighted by Crippen LogP contribution is 2.33. The van der Waals surface area contributed by atoms with E-state index in [2.05, 4.69) is 72.3 Å². The van der Waals surface area contributed by atoms with Crippen LogP contribution in [-0.2, 0) is 25.9 Å². The Hall–Kier alpha value is -2.06. The lowest BCUT2D eigenvalue weighted by Crippen LogP contribution is -2.17. The van der Waals surface area contributed by atoms with Crippen molar-refractivity contribution in [3.05, 3.63) is 70.9 Å². The molecule has 0 amide bonds. The van der Waals surface area contributed by atoms with Gasteiger partial charge in [-0.3, -0.25) is 0 Å². The zero-order valence-electron chi connectivity index (χ0n) is 14.7. The predicted molar refractivity (Wildman–Crippen MR) is 101 cm³/mol. The van der Waals surface area contributed by atoms with Gasteiger partial charge in [-0.1, -0.05) is 36.4 Å². The highest BCUT2D eigenvalue weighted by Gasteiger charge is 2.20. The highest BCUT2D eigenvalue weighted by atomic mass is 15.0. The van der Waals surface area contributed by atoms with Gasteiger partial charge in [0, 0.05) is 35.7 Å². The van der Waals surface area contributed by atoms with E-state index in [4.69, 9.17) is 0 Å². The van der Waals surface area contributed by atoms with Crippen molar-refractivity contribution in [1.29, 1.82) is 0 Å². The van der Waals surface area contributed by atoms with Gasteiger partial charge in [0.25, 0.3) is 0 Å². The van der Waals surface area contributed by atoms with Crippen molar-refractivity contribution < 1.29 is 0 Å². The van der Waals surface area contributed by atoms with Gasteiger partial charge >= 0.3 is 0 Å². The minimum absolute atomic E-state index is 0.368. The number of benzene rings is 2. The van der Waals surface area contributed by atoms with Crippen LogP contribution >= 0.6 is 0 Å². The Morgan fingerprint density at radius 1 is 1.08 bits per heavy atom. The maximum absolute atomic E-state index is 3.66. The van der Waals surface area contributed by atoms with Crippen LogP contribution < -0.4 is 5.32 Å². The average molecular weight is 318 g/mol. The van der Waals surface area contributed by atoms with Gasteiger partial charge in [-0.15, -0.1) is 0 Å². The lowest BCUT2D eigenvalue weighted by molar-refractivity contribution is 0.575. The number of aromatic nitrogens is 1. The summed E-state index contributed by atoms with van der Waals surface area (Å²) in [5.74, 6) is 0. The summed E-state index contributed by atoms with van der Waals surface area (Å²) in [4.78, 5) is 0. The summed E-state index contributed by atoms with van der Waals surface area (Å²) in [5.41, 5.74) is 7.33. The van der Waals surface area contributed by atoms with Crippen molar-refractivity contribution >= 4 is 10.9 Å². The first-order valence-electron chi connectivity index (χ1n) is 9.19. The van der Waals surface area contributed by atoms with E-state index < -0.39 is 0 Å². The second kappa shape index (κ2) is 6.45. The SMILES string of the molecule is CCn1c2c(c3cc(CN[C@H](C)c4ccccc4)ccc31)CCC2. The maximum Gasteiger partial charge on any atom is 0.0485 e. The number of hydrogen-bond acceptors (Lipinski definition) is 1. The zero-order valence-corrected chi connectivity index (χ0v) is 14.7. The average Bonchev–Trinajstić information content (AvgIpc) is 3.21. The molecule has 3 aromatic rings. The first kappa shape index (κ1) is 15.5. The van der Waals surface area contributed by atoms with Gasteiger partial charge in [-0.05, 0) is 61.9 Å². The molecule has 0 saturated carbocycles. The molecule has 0 saturated heterocycles. The van der Waals surface area contributed by atoms with E-state index in [9.17, 15) is 0 Å². The van der Waals surface area contributed by atoms with Gasteiger partial charge in [-0.2, -0.15) is 0 Å². The van der Waals surface area contributed by atoms with Crippen LogP contribution in [0.4, 0.5) is 0 Å². The molecule has 0 radical (unpaired) electrons. The maximum atomic E-state index is 3.66. The van der Waals surface area contributed by atoms with E-state index in [1.165, 1.54) is 41.3 Å². The molecule has 0 bridgehead atoms. The van der Waals surface area contributed by atoms with E-state index in [0.29, 0.717) is 6.04 Å². The summed E-state index contributed by atoms with van der Waals surface area (Å²) < 4.78 is 2.52. The van der Waals surface area contributed by atoms with Crippen molar-refractivity contribution in [2.45, 2.75) is 52.2 Å². The molecule has 2 nitrogen and oxygen atoms in total. The minimum Gasteiger partial charge on any atom is -0.345 e. The van der Waals surface area contributed by atoms with Crippen molar-refractivity contribution in [3.8, 4) is 0 Å². The van der Waals surface area contributed by atoms with Gasteiger partial charge < -0.3 is 9.88 Å². The molecule has 2 heteroatoms. The first-order valence-corrected chi connectivity index (χ1v) is 9.19. The number of hydrogen-bond donors (Lipinski definition) is 1. The number of rotatable bonds is 5. The molecule has 0 spiro atoms. The third-order valence-corrected chi connectivity index (χ3v) is 5.42. The molecular weight excluding hydrogens is 292 g/mol. The molecular formula is C22H26N2. The van der Waals surface area contributed by atoms with Crippen LogP contribution in [0.3, 0.4) is 0 Å². The van der Waals surface area contributed by atoms with Crippen LogP contribution in [0.1, 0.15) is 48.7 Å². The van der Waals surface area contributed by atoms with Crippen LogP contribution in [0.5, 0.6) is 0 Å². The fourth-order valence-electron chi connectivity index (χ4n) is 4.12. The lowest BCUT2D eigenvalue weighted by Gasteiger charge is -2.14.